The topological polar surface area (TPSA) is 120 Å². The average Bonchev–Trinajstić information content (AvgIpc) is 2.78. The van der Waals surface area contributed by atoms with Gasteiger partial charge in [-0.05, 0) is 54.6 Å². The number of rotatable bonds is 5. The number of phenols is 1. The molecule has 0 fully saturated rings. The quantitative estimate of drug-likeness (QED) is 0.232. The van der Waals surface area contributed by atoms with E-state index in [9.17, 15) is 19.5 Å². The molecule has 3 aromatic carbocycles. The first kappa shape index (κ1) is 23.0. The summed E-state index contributed by atoms with van der Waals surface area (Å²) in [5.74, 6) is -2.65. The van der Waals surface area contributed by atoms with Gasteiger partial charge in [0, 0.05) is 20.7 Å². The van der Waals surface area contributed by atoms with Crippen LogP contribution in [0.2, 0.25) is 5.02 Å². The summed E-state index contributed by atoms with van der Waals surface area (Å²) in [7, 11) is 0. The second-order valence-electron chi connectivity index (χ2n) is 6.36. The Hall–Kier alpha value is -3.69. The zero-order chi connectivity index (χ0) is 23.1. The number of aromatic hydroxyl groups is 1. The Morgan fingerprint density at radius 3 is 2.41 bits per heavy atom. The van der Waals surface area contributed by atoms with Gasteiger partial charge >= 0.3 is 11.8 Å². The summed E-state index contributed by atoms with van der Waals surface area (Å²) in [6.07, 6.45) is 1.14. The first-order valence-electron chi connectivity index (χ1n) is 9.12. The number of amides is 3. The van der Waals surface area contributed by atoms with Crippen molar-refractivity contribution in [2.45, 2.75) is 0 Å². The van der Waals surface area contributed by atoms with E-state index >= 15 is 0 Å². The molecule has 4 N–H and O–H groups in total. The van der Waals surface area contributed by atoms with Gasteiger partial charge in [-0.2, -0.15) is 5.10 Å². The summed E-state index contributed by atoms with van der Waals surface area (Å²) < 4.78 is 0.863. The largest absolute Gasteiger partial charge is 0.507 e. The zero-order valence-electron chi connectivity index (χ0n) is 16.3. The van der Waals surface area contributed by atoms with E-state index in [0.717, 1.165) is 10.7 Å². The van der Waals surface area contributed by atoms with Crippen LogP contribution in [0.4, 0.5) is 11.4 Å². The van der Waals surface area contributed by atoms with Crippen LogP contribution in [0.3, 0.4) is 0 Å². The molecule has 3 aromatic rings. The van der Waals surface area contributed by atoms with Crippen molar-refractivity contribution in [3.63, 3.8) is 0 Å². The van der Waals surface area contributed by atoms with Gasteiger partial charge in [0.1, 0.15) is 5.75 Å². The molecule has 0 aliphatic heterocycles. The Morgan fingerprint density at radius 1 is 0.938 bits per heavy atom. The highest BCUT2D eigenvalue weighted by atomic mass is 79.9. The van der Waals surface area contributed by atoms with E-state index in [1.165, 1.54) is 30.3 Å². The summed E-state index contributed by atoms with van der Waals surface area (Å²) in [6.45, 7) is 0. The molecule has 3 amide bonds. The SMILES string of the molecule is O=C(NN=Cc1cc(Cl)ccc1O)C(=O)Nc1ccccc1C(=O)Nc1ccc(Br)cc1. The number of anilines is 2. The fourth-order valence-electron chi connectivity index (χ4n) is 2.54. The third-order valence-corrected chi connectivity index (χ3v) is 4.85. The maximum Gasteiger partial charge on any atom is 0.329 e. The van der Waals surface area contributed by atoms with Gasteiger partial charge < -0.3 is 15.7 Å². The molecule has 0 heterocycles. The fourth-order valence-corrected chi connectivity index (χ4v) is 2.99. The van der Waals surface area contributed by atoms with E-state index in [0.29, 0.717) is 10.7 Å². The van der Waals surface area contributed by atoms with Gasteiger partial charge in [-0.3, -0.25) is 14.4 Å². The van der Waals surface area contributed by atoms with Crippen molar-refractivity contribution in [1.29, 1.82) is 0 Å². The lowest BCUT2D eigenvalue weighted by Gasteiger charge is -2.11. The van der Waals surface area contributed by atoms with Crippen molar-refractivity contribution >= 4 is 62.8 Å². The van der Waals surface area contributed by atoms with E-state index in [4.69, 9.17) is 11.6 Å². The maximum atomic E-state index is 12.6. The molecule has 0 aromatic heterocycles. The Labute approximate surface area is 196 Å². The number of carbonyl (C=O) groups excluding carboxylic acids is 3. The van der Waals surface area contributed by atoms with Crippen molar-refractivity contribution < 1.29 is 19.5 Å². The molecule has 0 radical (unpaired) electrons. The predicted molar refractivity (Wildman–Crippen MR) is 126 cm³/mol. The van der Waals surface area contributed by atoms with E-state index in [-0.39, 0.29) is 22.6 Å². The maximum absolute atomic E-state index is 12.6. The number of halogens is 2. The number of hydrogen-bond acceptors (Lipinski definition) is 5. The first-order chi connectivity index (χ1) is 15.3. The molecule has 0 spiro atoms. The molecule has 0 aliphatic carbocycles. The van der Waals surface area contributed by atoms with Crippen molar-refractivity contribution in [3.8, 4) is 5.75 Å². The van der Waals surface area contributed by atoms with E-state index in [1.54, 1.807) is 36.4 Å². The molecule has 0 atom stereocenters. The minimum atomic E-state index is -1.06. The van der Waals surface area contributed by atoms with Crippen LogP contribution < -0.4 is 16.1 Å². The molecular formula is C22H16BrClN4O4. The number of nitrogens with zero attached hydrogens (tertiary/aromatic N) is 1. The second kappa shape index (κ2) is 10.6. The number of carbonyl (C=O) groups is 3. The summed E-state index contributed by atoms with van der Waals surface area (Å²) in [5.41, 5.74) is 3.20. The average molecular weight is 516 g/mol. The number of nitrogens with one attached hydrogen (secondary N) is 3. The lowest BCUT2D eigenvalue weighted by atomic mass is 10.1. The summed E-state index contributed by atoms with van der Waals surface area (Å²) in [5, 5.41) is 18.8. The van der Waals surface area contributed by atoms with Crippen LogP contribution in [0.5, 0.6) is 5.75 Å². The Morgan fingerprint density at radius 2 is 1.66 bits per heavy atom. The number of phenolic OH excluding ortho intramolecular Hbond substituents is 1. The van der Waals surface area contributed by atoms with Crippen LogP contribution in [-0.2, 0) is 9.59 Å². The standard InChI is InChI=1S/C22H16BrClN4O4/c23-14-5-8-16(9-6-14)26-20(30)17-3-1-2-4-18(17)27-21(31)22(32)28-25-12-13-11-15(24)7-10-19(13)29/h1-12,29H,(H,26,30)(H,27,31)(H,28,32). The summed E-state index contributed by atoms with van der Waals surface area (Å²) in [6, 6.07) is 17.5. The molecule has 8 nitrogen and oxygen atoms in total. The van der Waals surface area contributed by atoms with E-state index in [1.807, 2.05) is 0 Å². The van der Waals surface area contributed by atoms with Gasteiger partial charge in [0.05, 0.1) is 17.5 Å². The fraction of sp³-hybridized carbons (Fsp3) is 0. The lowest BCUT2D eigenvalue weighted by molar-refractivity contribution is -0.136. The third-order valence-electron chi connectivity index (χ3n) is 4.09. The van der Waals surface area contributed by atoms with Crippen molar-refractivity contribution in [2.75, 3.05) is 10.6 Å². The molecule has 0 aliphatic rings. The Balaban J connectivity index is 1.65. The molecule has 162 valence electrons. The zero-order valence-corrected chi connectivity index (χ0v) is 18.6. The van der Waals surface area contributed by atoms with Crippen LogP contribution >= 0.6 is 27.5 Å². The van der Waals surface area contributed by atoms with Crippen molar-refractivity contribution in [2.24, 2.45) is 5.10 Å². The van der Waals surface area contributed by atoms with Crippen molar-refractivity contribution in [1.82, 2.24) is 5.43 Å². The Bertz CT molecular complexity index is 1200. The summed E-state index contributed by atoms with van der Waals surface area (Å²) in [4.78, 5) is 36.9. The highest BCUT2D eigenvalue weighted by Gasteiger charge is 2.18. The highest BCUT2D eigenvalue weighted by molar-refractivity contribution is 9.10. The minimum Gasteiger partial charge on any atom is -0.507 e. The monoisotopic (exact) mass is 514 g/mol. The normalized spacial score (nSPS) is 10.6. The molecule has 0 bridgehead atoms. The van der Waals surface area contributed by atoms with Gasteiger partial charge in [-0.1, -0.05) is 39.7 Å². The van der Waals surface area contributed by atoms with Crippen LogP contribution in [-0.4, -0.2) is 29.0 Å². The van der Waals surface area contributed by atoms with Crippen molar-refractivity contribution in [3.05, 3.63) is 87.4 Å². The van der Waals surface area contributed by atoms with Gasteiger partial charge in [-0.25, -0.2) is 5.43 Å². The number of hydrazone groups is 1. The molecule has 0 saturated heterocycles. The molecule has 0 unspecified atom stereocenters. The van der Waals surface area contributed by atoms with Gasteiger partial charge in [-0.15, -0.1) is 0 Å². The highest BCUT2D eigenvalue weighted by Crippen LogP contribution is 2.20. The molecule has 32 heavy (non-hydrogen) atoms. The second-order valence-corrected chi connectivity index (χ2v) is 7.72. The minimum absolute atomic E-state index is 0.0948. The number of hydrogen-bond donors (Lipinski definition) is 4. The Kier molecular flexibility index (Phi) is 7.58. The predicted octanol–water partition coefficient (Wildman–Crippen LogP) is 4.15. The molecule has 10 heteroatoms. The number of benzene rings is 3. The van der Waals surface area contributed by atoms with Crippen LogP contribution in [0.15, 0.2) is 76.3 Å². The molecular weight excluding hydrogens is 500 g/mol. The molecule has 0 saturated carbocycles. The lowest BCUT2D eigenvalue weighted by Crippen LogP contribution is -2.33. The van der Waals surface area contributed by atoms with Gasteiger partial charge in [0.15, 0.2) is 0 Å². The van der Waals surface area contributed by atoms with E-state index in [2.05, 4.69) is 37.1 Å². The van der Waals surface area contributed by atoms with E-state index < -0.39 is 17.7 Å². The van der Waals surface area contributed by atoms with Crippen LogP contribution in [0.25, 0.3) is 0 Å². The first-order valence-corrected chi connectivity index (χ1v) is 10.3. The van der Waals surface area contributed by atoms with Gasteiger partial charge in [0.2, 0.25) is 0 Å². The smallest absolute Gasteiger partial charge is 0.329 e. The summed E-state index contributed by atoms with van der Waals surface area (Å²) >= 11 is 9.16. The number of para-hydroxylation sites is 1. The van der Waals surface area contributed by atoms with Crippen LogP contribution in [0, 0.1) is 0 Å². The van der Waals surface area contributed by atoms with Crippen LogP contribution in [0.1, 0.15) is 15.9 Å². The third kappa shape index (κ3) is 6.16. The van der Waals surface area contributed by atoms with Gasteiger partial charge in [0.25, 0.3) is 5.91 Å². The molecule has 3 rings (SSSR count).